The summed E-state index contributed by atoms with van der Waals surface area (Å²) in [6, 6.07) is -2.04. The monoisotopic (exact) mass is 411 g/mol. The maximum atomic E-state index is 12.7. The van der Waals surface area contributed by atoms with E-state index in [1.807, 2.05) is 6.08 Å². The zero-order valence-electron chi connectivity index (χ0n) is 17.9. The fourth-order valence-electron chi connectivity index (χ4n) is 2.48. The van der Waals surface area contributed by atoms with E-state index in [9.17, 15) is 14.4 Å². The van der Waals surface area contributed by atoms with Crippen LogP contribution in [0.15, 0.2) is 24.4 Å². The number of amides is 2. The highest BCUT2D eigenvalue weighted by atomic mass is 16.6. The molecule has 0 aliphatic carbocycles. The Kier molecular flexibility index (Phi) is 9.67. The standard InChI is InChI=1S/C20H33N3O6/c1-13-14(2)22-17(24)16(23-19(26)29-20(3,4)5)12-28-11-9-7-8-10-15(21-13)18(25)27-6/h7,9,14-16,21H,1,8,10-12H2,2-6H3,(H,22,24)(H,23,26)/t14-,15-,16-/m0/s1. The Morgan fingerprint density at radius 1 is 1.28 bits per heavy atom. The second-order valence-electron chi connectivity index (χ2n) is 7.76. The number of hydrogen-bond acceptors (Lipinski definition) is 7. The topological polar surface area (TPSA) is 115 Å². The quantitative estimate of drug-likeness (QED) is 0.465. The van der Waals surface area contributed by atoms with Crippen molar-refractivity contribution in [2.45, 2.75) is 64.3 Å². The number of rotatable bonds is 2. The molecule has 0 aromatic heterocycles. The molecule has 164 valence electrons. The molecule has 9 nitrogen and oxygen atoms in total. The van der Waals surface area contributed by atoms with E-state index in [-0.39, 0.29) is 13.2 Å². The number of nitrogens with one attached hydrogen (secondary N) is 3. The van der Waals surface area contributed by atoms with Crippen LogP contribution in [0.4, 0.5) is 4.79 Å². The molecule has 0 aromatic rings. The van der Waals surface area contributed by atoms with E-state index in [0.29, 0.717) is 18.5 Å². The number of carbonyl (C=O) groups is 3. The minimum atomic E-state index is -0.951. The van der Waals surface area contributed by atoms with E-state index >= 15 is 0 Å². The largest absolute Gasteiger partial charge is 0.467 e. The summed E-state index contributed by atoms with van der Waals surface area (Å²) in [6.45, 7) is 11.1. The molecule has 1 heterocycles. The van der Waals surface area contributed by atoms with Crippen molar-refractivity contribution in [1.29, 1.82) is 0 Å². The molecule has 2 amide bonds. The molecule has 29 heavy (non-hydrogen) atoms. The molecular weight excluding hydrogens is 378 g/mol. The predicted molar refractivity (Wildman–Crippen MR) is 108 cm³/mol. The normalized spacial score (nSPS) is 24.5. The number of hydrogen-bond donors (Lipinski definition) is 3. The Morgan fingerprint density at radius 2 is 1.97 bits per heavy atom. The highest BCUT2D eigenvalue weighted by Gasteiger charge is 2.27. The lowest BCUT2D eigenvalue weighted by Crippen LogP contribution is -2.53. The van der Waals surface area contributed by atoms with E-state index in [0.717, 1.165) is 0 Å². The summed E-state index contributed by atoms with van der Waals surface area (Å²) in [4.78, 5) is 36.7. The molecule has 0 spiro atoms. The van der Waals surface area contributed by atoms with Gasteiger partial charge in [0.25, 0.3) is 0 Å². The average Bonchev–Trinajstić information content (AvgIpc) is 2.62. The van der Waals surface area contributed by atoms with Gasteiger partial charge in [-0.2, -0.15) is 0 Å². The third-order valence-electron chi connectivity index (χ3n) is 4.02. The summed E-state index contributed by atoms with van der Waals surface area (Å²) in [7, 11) is 1.32. The van der Waals surface area contributed by atoms with E-state index in [4.69, 9.17) is 14.2 Å². The molecule has 1 rings (SSSR count). The minimum absolute atomic E-state index is 0.0210. The van der Waals surface area contributed by atoms with Gasteiger partial charge in [0.05, 0.1) is 26.4 Å². The summed E-state index contributed by atoms with van der Waals surface area (Å²) < 4.78 is 15.5. The number of allylic oxidation sites excluding steroid dienone is 1. The van der Waals surface area contributed by atoms with Crippen LogP contribution in [0.5, 0.6) is 0 Å². The summed E-state index contributed by atoms with van der Waals surface area (Å²) in [5.74, 6) is -0.868. The Balaban J connectivity index is 2.90. The molecule has 0 unspecified atom stereocenters. The first-order chi connectivity index (χ1) is 13.5. The van der Waals surface area contributed by atoms with Gasteiger partial charge < -0.3 is 30.2 Å². The van der Waals surface area contributed by atoms with Crippen LogP contribution in [0.25, 0.3) is 0 Å². The van der Waals surface area contributed by atoms with E-state index in [1.54, 1.807) is 33.8 Å². The zero-order chi connectivity index (χ0) is 22.0. The molecule has 1 aliphatic rings. The third kappa shape index (κ3) is 9.47. The molecule has 0 fully saturated rings. The lowest BCUT2D eigenvalue weighted by molar-refractivity contribution is -0.143. The SMILES string of the molecule is C=C1N[C@H](C(=O)OC)CCC=CCOC[C@H](NC(=O)OC(C)(C)C)C(=O)N[C@H]1C. The first kappa shape index (κ1) is 24.5. The van der Waals surface area contributed by atoms with Gasteiger partial charge in [0.2, 0.25) is 5.91 Å². The highest BCUT2D eigenvalue weighted by Crippen LogP contribution is 2.08. The molecule has 3 N–H and O–H groups in total. The van der Waals surface area contributed by atoms with Crippen LogP contribution in [0.3, 0.4) is 0 Å². The van der Waals surface area contributed by atoms with Crippen LogP contribution in [0.1, 0.15) is 40.5 Å². The van der Waals surface area contributed by atoms with Gasteiger partial charge in [-0.25, -0.2) is 9.59 Å². The lowest BCUT2D eigenvalue weighted by atomic mass is 10.1. The molecular formula is C20H33N3O6. The van der Waals surface area contributed by atoms with Gasteiger partial charge in [-0.05, 0) is 40.5 Å². The van der Waals surface area contributed by atoms with Crippen LogP contribution in [0, 0.1) is 0 Å². The van der Waals surface area contributed by atoms with Crippen molar-refractivity contribution in [3.63, 3.8) is 0 Å². The zero-order valence-corrected chi connectivity index (χ0v) is 17.9. The first-order valence-electron chi connectivity index (χ1n) is 9.59. The third-order valence-corrected chi connectivity index (χ3v) is 4.02. The average molecular weight is 411 g/mol. The number of carbonyl (C=O) groups excluding carboxylic acids is 3. The smallest absolute Gasteiger partial charge is 0.408 e. The first-order valence-corrected chi connectivity index (χ1v) is 9.59. The van der Waals surface area contributed by atoms with Crippen LogP contribution < -0.4 is 16.0 Å². The van der Waals surface area contributed by atoms with E-state index < -0.39 is 41.7 Å². The van der Waals surface area contributed by atoms with Crippen molar-refractivity contribution in [2.75, 3.05) is 20.3 Å². The minimum Gasteiger partial charge on any atom is -0.467 e. The van der Waals surface area contributed by atoms with Crippen LogP contribution >= 0.6 is 0 Å². The number of esters is 1. The fourth-order valence-corrected chi connectivity index (χ4v) is 2.48. The van der Waals surface area contributed by atoms with Crippen molar-refractivity contribution in [1.82, 2.24) is 16.0 Å². The lowest BCUT2D eigenvalue weighted by Gasteiger charge is -2.26. The van der Waals surface area contributed by atoms with Gasteiger partial charge in [0.15, 0.2) is 0 Å². The molecule has 1 aliphatic heterocycles. The molecule has 3 atom stereocenters. The van der Waals surface area contributed by atoms with Crippen molar-refractivity contribution < 1.29 is 28.6 Å². The van der Waals surface area contributed by atoms with Crippen molar-refractivity contribution in [3.8, 4) is 0 Å². The van der Waals surface area contributed by atoms with Gasteiger partial charge in [-0.3, -0.25) is 4.79 Å². The highest BCUT2D eigenvalue weighted by molar-refractivity contribution is 5.86. The molecule has 0 aromatic carbocycles. The summed E-state index contributed by atoms with van der Waals surface area (Å²) in [6.07, 6.45) is 4.09. The van der Waals surface area contributed by atoms with Crippen molar-refractivity contribution in [2.24, 2.45) is 0 Å². The fraction of sp³-hybridized carbons (Fsp3) is 0.650. The Labute approximate surface area is 172 Å². The van der Waals surface area contributed by atoms with Gasteiger partial charge in [0.1, 0.15) is 17.7 Å². The maximum absolute atomic E-state index is 12.7. The van der Waals surface area contributed by atoms with Crippen LogP contribution in [-0.2, 0) is 23.8 Å². The number of methoxy groups -OCH3 is 1. The summed E-state index contributed by atoms with van der Waals surface area (Å²) >= 11 is 0. The summed E-state index contributed by atoms with van der Waals surface area (Å²) in [5, 5.41) is 8.31. The predicted octanol–water partition coefficient (Wildman–Crippen LogP) is 1.40. The molecule has 0 saturated heterocycles. The second-order valence-corrected chi connectivity index (χ2v) is 7.76. The Morgan fingerprint density at radius 3 is 2.59 bits per heavy atom. The van der Waals surface area contributed by atoms with Crippen molar-refractivity contribution >= 4 is 18.0 Å². The molecule has 0 bridgehead atoms. The van der Waals surface area contributed by atoms with Crippen molar-refractivity contribution in [3.05, 3.63) is 24.4 Å². The van der Waals surface area contributed by atoms with Gasteiger partial charge in [-0.15, -0.1) is 0 Å². The number of alkyl carbamates (subject to hydrolysis) is 1. The van der Waals surface area contributed by atoms with E-state index in [1.165, 1.54) is 7.11 Å². The molecule has 0 saturated carbocycles. The Hall–Kier alpha value is -2.55. The molecule has 0 radical (unpaired) electrons. The van der Waals surface area contributed by atoms with Gasteiger partial charge >= 0.3 is 12.1 Å². The number of ether oxygens (including phenoxy) is 3. The summed E-state index contributed by atoms with van der Waals surface area (Å²) in [5.41, 5.74) is -0.244. The van der Waals surface area contributed by atoms with Gasteiger partial charge in [0, 0.05) is 5.70 Å². The second kappa shape index (κ2) is 11.5. The van der Waals surface area contributed by atoms with Crippen LogP contribution in [-0.4, -0.2) is 62.0 Å². The molecule has 9 heteroatoms. The van der Waals surface area contributed by atoms with E-state index in [2.05, 4.69) is 22.5 Å². The maximum Gasteiger partial charge on any atom is 0.408 e. The van der Waals surface area contributed by atoms with Gasteiger partial charge in [-0.1, -0.05) is 18.7 Å². The Bertz CT molecular complexity index is 626. The van der Waals surface area contributed by atoms with Crippen LogP contribution in [0.2, 0.25) is 0 Å².